The van der Waals surface area contributed by atoms with Crippen LogP contribution in [0.4, 0.5) is 9.52 Å². The van der Waals surface area contributed by atoms with Gasteiger partial charge in [-0.05, 0) is 55.5 Å². The number of benzene rings is 1. The van der Waals surface area contributed by atoms with Crippen molar-refractivity contribution in [1.29, 1.82) is 0 Å². The van der Waals surface area contributed by atoms with E-state index in [9.17, 15) is 9.18 Å². The first kappa shape index (κ1) is 20.3. The van der Waals surface area contributed by atoms with Gasteiger partial charge in [-0.3, -0.25) is 9.36 Å². The van der Waals surface area contributed by atoms with E-state index < -0.39 is 0 Å². The smallest absolute Gasteiger partial charge is 0.239 e. The second-order valence-electron chi connectivity index (χ2n) is 7.18. The predicted octanol–water partition coefficient (Wildman–Crippen LogP) is 5.72. The number of nitrogens with one attached hydrogen (secondary N) is 1. The number of carbonyl (C=O) groups excluding carboxylic acids is 1. The molecule has 0 radical (unpaired) electrons. The summed E-state index contributed by atoms with van der Waals surface area (Å²) in [6.07, 6.45) is 2.21. The number of nitrogens with zero attached hydrogens (tertiary/aromatic N) is 4. The van der Waals surface area contributed by atoms with Crippen molar-refractivity contribution in [1.82, 2.24) is 19.7 Å². The Morgan fingerprint density at radius 3 is 2.74 bits per heavy atom. The van der Waals surface area contributed by atoms with Gasteiger partial charge in [-0.15, -0.1) is 32.9 Å². The lowest BCUT2D eigenvalue weighted by atomic mass is 10.2. The summed E-state index contributed by atoms with van der Waals surface area (Å²) in [6, 6.07) is 10.6. The molecule has 1 amide bonds. The van der Waals surface area contributed by atoms with Crippen molar-refractivity contribution in [2.24, 2.45) is 0 Å². The average Bonchev–Trinajstić information content (AvgIpc) is 3.15. The zero-order valence-electron chi connectivity index (χ0n) is 16.5. The van der Waals surface area contributed by atoms with Crippen molar-refractivity contribution < 1.29 is 9.18 Å². The van der Waals surface area contributed by atoms with E-state index >= 15 is 0 Å². The van der Waals surface area contributed by atoms with Gasteiger partial charge in [0.25, 0.3) is 0 Å². The number of thiophene rings is 1. The SMILES string of the molecule is C[C@@H](Sc1nnc(-c2cccs2)n1C1CC1)C(=O)Nc1nc(-c2ccc(F)cc2)cs1. The van der Waals surface area contributed by atoms with Gasteiger partial charge in [0.2, 0.25) is 5.91 Å². The van der Waals surface area contributed by atoms with Crippen LogP contribution >= 0.6 is 34.4 Å². The first-order chi connectivity index (χ1) is 15.1. The molecule has 6 nitrogen and oxygen atoms in total. The molecule has 1 N–H and O–H groups in total. The summed E-state index contributed by atoms with van der Waals surface area (Å²) in [5, 5.41) is 16.4. The Bertz CT molecular complexity index is 1200. The highest BCUT2D eigenvalue weighted by atomic mass is 32.2. The van der Waals surface area contributed by atoms with Crippen molar-refractivity contribution in [3.05, 3.63) is 53.0 Å². The number of aromatic nitrogens is 4. The Morgan fingerprint density at radius 2 is 2.03 bits per heavy atom. The Balaban J connectivity index is 1.28. The maximum absolute atomic E-state index is 13.1. The average molecular weight is 472 g/mol. The van der Waals surface area contributed by atoms with Gasteiger partial charge < -0.3 is 5.32 Å². The van der Waals surface area contributed by atoms with Crippen molar-refractivity contribution in [2.75, 3.05) is 5.32 Å². The van der Waals surface area contributed by atoms with Crippen LogP contribution in [0.5, 0.6) is 0 Å². The summed E-state index contributed by atoms with van der Waals surface area (Å²) in [5.41, 5.74) is 1.51. The molecule has 0 spiro atoms. The highest BCUT2D eigenvalue weighted by Gasteiger charge is 2.31. The van der Waals surface area contributed by atoms with Gasteiger partial charge in [0, 0.05) is 17.0 Å². The molecule has 1 saturated carbocycles. The number of hydrogen-bond donors (Lipinski definition) is 1. The Labute approximate surface area is 190 Å². The molecule has 1 aromatic carbocycles. The van der Waals surface area contributed by atoms with E-state index in [1.807, 2.05) is 29.8 Å². The normalized spacial score (nSPS) is 14.5. The lowest BCUT2D eigenvalue weighted by Gasteiger charge is -2.12. The van der Waals surface area contributed by atoms with Crippen LogP contribution in [0.3, 0.4) is 0 Å². The third-order valence-corrected chi connectivity index (χ3v) is 7.52. The number of rotatable bonds is 7. The molecule has 3 aromatic heterocycles. The minimum absolute atomic E-state index is 0.145. The van der Waals surface area contributed by atoms with E-state index in [2.05, 4.69) is 25.1 Å². The molecule has 4 aromatic rings. The summed E-state index contributed by atoms with van der Waals surface area (Å²) in [6.45, 7) is 1.85. The number of amides is 1. The maximum atomic E-state index is 13.1. The number of halogens is 1. The van der Waals surface area contributed by atoms with Gasteiger partial charge in [0.05, 0.1) is 15.8 Å². The first-order valence-electron chi connectivity index (χ1n) is 9.76. The highest BCUT2D eigenvalue weighted by molar-refractivity contribution is 8.00. The highest BCUT2D eigenvalue weighted by Crippen LogP contribution is 2.42. The van der Waals surface area contributed by atoms with E-state index in [1.165, 1.54) is 35.2 Å². The molecular weight excluding hydrogens is 453 g/mol. The molecule has 1 atom stereocenters. The lowest BCUT2D eigenvalue weighted by molar-refractivity contribution is -0.115. The fourth-order valence-corrected chi connectivity index (χ4v) is 5.44. The van der Waals surface area contributed by atoms with E-state index in [0.29, 0.717) is 16.9 Å². The molecule has 0 saturated heterocycles. The van der Waals surface area contributed by atoms with Crippen molar-refractivity contribution in [3.63, 3.8) is 0 Å². The lowest BCUT2D eigenvalue weighted by Crippen LogP contribution is -2.22. The van der Waals surface area contributed by atoms with Crippen molar-refractivity contribution in [3.8, 4) is 22.0 Å². The van der Waals surface area contributed by atoms with E-state index in [1.54, 1.807) is 23.5 Å². The molecule has 0 bridgehead atoms. The zero-order valence-corrected chi connectivity index (χ0v) is 18.9. The number of thioether (sulfide) groups is 1. The predicted molar refractivity (Wildman–Crippen MR) is 123 cm³/mol. The number of anilines is 1. The van der Waals surface area contributed by atoms with Crippen LogP contribution < -0.4 is 5.32 Å². The van der Waals surface area contributed by atoms with Crippen LogP contribution in [-0.4, -0.2) is 30.9 Å². The summed E-state index contributed by atoms with van der Waals surface area (Å²) < 4.78 is 15.3. The van der Waals surface area contributed by atoms with Gasteiger partial charge in [-0.25, -0.2) is 9.37 Å². The molecule has 31 heavy (non-hydrogen) atoms. The largest absolute Gasteiger partial charge is 0.301 e. The molecule has 0 aliphatic heterocycles. The summed E-state index contributed by atoms with van der Waals surface area (Å²) in [4.78, 5) is 18.3. The fraction of sp³-hybridized carbons (Fsp3) is 0.238. The Hall–Kier alpha value is -2.56. The molecule has 158 valence electrons. The summed E-state index contributed by atoms with van der Waals surface area (Å²) in [7, 11) is 0. The number of hydrogen-bond acceptors (Lipinski definition) is 7. The van der Waals surface area contributed by atoms with Gasteiger partial charge in [-0.2, -0.15) is 0 Å². The molecule has 5 rings (SSSR count). The second kappa shape index (κ2) is 8.52. The molecule has 1 aliphatic rings. The van der Waals surface area contributed by atoms with Gasteiger partial charge in [0.1, 0.15) is 5.82 Å². The van der Waals surface area contributed by atoms with E-state index in [-0.39, 0.29) is 17.0 Å². The van der Waals surface area contributed by atoms with Gasteiger partial charge in [-0.1, -0.05) is 17.8 Å². The monoisotopic (exact) mass is 471 g/mol. The quantitative estimate of drug-likeness (QED) is 0.349. The molecule has 10 heteroatoms. The van der Waals surface area contributed by atoms with Crippen LogP contribution in [-0.2, 0) is 4.79 Å². The van der Waals surface area contributed by atoms with Crippen LogP contribution in [0.1, 0.15) is 25.8 Å². The topological polar surface area (TPSA) is 72.7 Å². The molecule has 0 unspecified atom stereocenters. The molecule has 3 heterocycles. The number of carbonyl (C=O) groups is 1. The number of thiazole rings is 1. The Kier molecular flexibility index (Phi) is 5.59. The van der Waals surface area contributed by atoms with Gasteiger partial charge in [0.15, 0.2) is 16.1 Å². The van der Waals surface area contributed by atoms with Crippen LogP contribution in [0.25, 0.3) is 22.0 Å². The van der Waals surface area contributed by atoms with Crippen LogP contribution in [0, 0.1) is 5.82 Å². The second-order valence-corrected chi connectivity index (χ2v) is 10.3. The van der Waals surface area contributed by atoms with Crippen LogP contribution in [0.15, 0.2) is 52.3 Å². The fourth-order valence-electron chi connectivity index (χ4n) is 3.10. The molecule has 1 fully saturated rings. The third-order valence-electron chi connectivity index (χ3n) is 4.84. The maximum Gasteiger partial charge on any atom is 0.239 e. The van der Waals surface area contributed by atoms with Crippen molar-refractivity contribution >= 4 is 45.5 Å². The minimum Gasteiger partial charge on any atom is -0.301 e. The summed E-state index contributed by atoms with van der Waals surface area (Å²) >= 11 is 4.39. The molecule has 1 aliphatic carbocycles. The Morgan fingerprint density at radius 1 is 1.23 bits per heavy atom. The molecular formula is C21H18FN5OS3. The third kappa shape index (κ3) is 4.41. The van der Waals surface area contributed by atoms with Crippen molar-refractivity contribution in [2.45, 2.75) is 36.2 Å². The standard InChI is InChI=1S/C21H18FN5OS3/c1-12(19(28)24-20-23-16(11-30-20)13-4-6-14(22)7-5-13)31-21-26-25-18(17-3-2-10-29-17)27(21)15-8-9-15/h2-7,10-12,15H,8-9H2,1H3,(H,23,24,28)/t12-/m1/s1. The minimum atomic E-state index is -0.365. The van der Waals surface area contributed by atoms with E-state index in [4.69, 9.17) is 0 Å². The van der Waals surface area contributed by atoms with E-state index in [0.717, 1.165) is 34.3 Å². The van der Waals surface area contributed by atoms with Crippen LogP contribution in [0.2, 0.25) is 0 Å². The first-order valence-corrected chi connectivity index (χ1v) is 12.4. The van der Waals surface area contributed by atoms with Gasteiger partial charge >= 0.3 is 0 Å². The zero-order chi connectivity index (χ0) is 21.4. The summed E-state index contributed by atoms with van der Waals surface area (Å²) in [5.74, 6) is 0.434.